The zero-order valence-electron chi connectivity index (χ0n) is 13.2. The van der Waals surface area contributed by atoms with Gasteiger partial charge in [0.25, 0.3) is 11.1 Å². The number of hydrogen-bond acceptors (Lipinski definition) is 6. The molecule has 1 aliphatic rings. The molecule has 0 bridgehead atoms. The normalized spacial score (nSPS) is 15.6. The van der Waals surface area contributed by atoms with Gasteiger partial charge in [0.15, 0.2) is 0 Å². The van der Waals surface area contributed by atoms with Crippen LogP contribution >= 0.6 is 23.4 Å². The summed E-state index contributed by atoms with van der Waals surface area (Å²) in [4.78, 5) is 36.5. The van der Waals surface area contributed by atoms with Crippen molar-refractivity contribution in [1.29, 1.82) is 0 Å². The first-order valence-electron chi connectivity index (χ1n) is 7.40. The maximum atomic E-state index is 12.6. The minimum absolute atomic E-state index is 0.276. The summed E-state index contributed by atoms with van der Waals surface area (Å²) in [5.41, 5.74) is 1.08. The first-order chi connectivity index (χ1) is 12.4. The van der Waals surface area contributed by atoms with Gasteiger partial charge in [-0.15, -0.1) is 0 Å². The summed E-state index contributed by atoms with van der Waals surface area (Å²) in [6, 6.07) is 12.9. The summed E-state index contributed by atoms with van der Waals surface area (Å²) >= 11 is 6.76. The molecule has 0 atom stereocenters. The maximum Gasteiger partial charge on any atom is 0.298 e. The van der Waals surface area contributed by atoms with E-state index in [9.17, 15) is 19.5 Å². The molecule has 0 spiro atoms. The Labute approximate surface area is 158 Å². The smallest absolute Gasteiger partial charge is 0.298 e. The molecular formula is C18H11ClNO5S-. The van der Waals surface area contributed by atoms with Crippen LogP contribution < -0.4 is 14.7 Å². The molecule has 26 heavy (non-hydrogen) atoms. The Bertz CT molecular complexity index is 910. The van der Waals surface area contributed by atoms with Crippen molar-refractivity contribution in [3.63, 3.8) is 0 Å². The number of halogens is 1. The van der Waals surface area contributed by atoms with Gasteiger partial charge in [-0.3, -0.25) is 9.59 Å². The number of carboxylic acids is 1. The summed E-state index contributed by atoms with van der Waals surface area (Å²) in [6.45, 7) is -0.544. The van der Waals surface area contributed by atoms with Gasteiger partial charge in [0, 0.05) is 5.02 Å². The number of aliphatic carboxylic acids is 1. The number of nitrogens with zero attached hydrogens (tertiary/aromatic N) is 1. The minimum atomic E-state index is -1.32. The highest BCUT2D eigenvalue weighted by atomic mass is 35.5. The third-order valence-electron chi connectivity index (χ3n) is 3.39. The van der Waals surface area contributed by atoms with Crippen LogP contribution in [0.2, 0.25) is 5.02 Å². The topological polar surface area (TPSA) is 86.7 Å². The van der Waals surface area contributed by atoms with E-state index in [1.165, 1.54) is 0 Å². The molecule has 1 heterocycles. The lowest BCUT2D eigenvalue weighted by Gasteiger charge is -2.12. The fraction of sp³-hybridized carbons (Fsp3) is 0.0556. The summed E-state index contributed by atoms with van der Waals surface area (Å²) in [5.74, 6) is -1.39. The molecule has 0 aromatic heterocycles. The van der Waals surface area contributed by atoms with Gasteiger partial charge in [-0.25, -0.2) is 4.90 Å². The van der Waals surface area contributed by atoms with Crippen LogP contribution in [0.1, 0.15) is 5.56 Å². The predicted octanol–water partition coefficient (Wildman–Crippen LogP) is 2.71. The number of benzene rings is 2. The van der Waals surface area contributed by atoms with Crippen LogP contribution in [0.25, 0.3) is 6.08 Å². The average Bonchev–Trinajstić information content (AvgIpc) is 2.88. The average molecular weight is 389 g/mol. The van der Waals surface area contributed by atoms with Gasteiger partial charge in [0.2, 0.25) is 0 Å². The standard InChI is InChI=1S/C18H12ClNO5S/c19-12-2-1-3-13(9-12)20-17(23)15(26-18(20)24)8-11-4-6-14(7-5-11)25-10-16(21)22/h1-9H,10H2,(H,21,22)/p-1/b15-8+. The highest BCUT2D eigenvalue weighted by molar-refractivity contribution is 8.19. The number of imide groups is 1. The Balaban J connectivity index is 1.78. The maximum absolute atomic E-state index is 12.6. The van der Waals surface area contributed by atoms with Gasteiger partial charge >= 0.3 is 0 Å². The highest BCUT2D eigenvalue weighted by Crippen LogP contribution is 2.36. The van der Waals surface area contributed by atoms with E-state index in [-0.39, 0.29) is 4.91 Å². The lowest BCUT2D eigenvalue weighted by Crippen LogP contribution is -2.28. The van der Waals surface area contributed by atoms with Crippen molar-refractivity contribution in [3.8, 4) is 5.75 Å². The van der Waals surface area contributed by atoms with Gasteiger partial charge in [-0.2, -0.15) is 0 Å². The van der Waals surface area contributed by atoms with Crippen LogP contribution in [0, 0.1) is 0 Å². The van der Waals surface area contributed by atoms with Gasteiger partial charge in [0.1, 0.15) is 12.4 Å². The van der Waals surface area contributed by atoms with Crippen LogP contribution in [0.5, 0.6) is 5.75 Å². The van der Waals surface area contributed by atoms with Gasteiger partial charge < -0.3 is 14.6 Å². The van der Waals surface area contributed by atoms with Crippen molar-refractivity contribution in [2.45, 2.75) is 0 Å². The fourth-order valence-corrected chi connectivity index (χ4v) is 3.29. The summed E-state index contributed by atoms with van der Waals surface area (Å²) in [5, 5.41) is 10.4. The van der Waals surface area contributed by atoms with E-state index in [1.807, 2.05) is 0 Å². The fourth-order valence-electron chi connectivity index (χ4n) is 2.26. The quantitative estimate of drug-likeness (QED) is 0.732. The third kappa shape index (κ3) is 4.07. The van der Waals surface area contributed by atoms with E-state index in [0.717, 1.165) is 16.7 Å². The molecule has 2 amide bonds. The molecule has 0 saturated carbocycles. The van der Waals surface area contributed by atoms with Crippen LogP contribution in [0.15, 0.2) is 53.4 Å². The lowest BCUT2D eigenvalue weighted by atomic mass is 10.2. The number of hydrogen-bond donors (Lipinski definition) is 0. The monoisotopic (exact) mass is 388 g/mol. The number of ether oxygens (including phenoxy) is 1. The van der Waals surface area contributed by atoms with Crippen LogP contribution in [0.4, 0.5) is 10.5 Å². The second-order valence-electron chi connectivity index (χ2n) is 5.23. The van der Waals surface area contributed by atoms with E-state index in [2.05, 4.69) is 0 Å². The van der Waals surface area contributed by atoms with Crippen molar-refractivity contribution < 1.29 is 24.2 Å². The highest BCUT2D eigenvalue weighted by Gasteiger charge is 2.36. The first kappa shape index (κ1) is 18.0. The Morgan fingerprint density at radius 2 is 1.92 bits per heavy atom. The van der Waals surface area contributed by atoms with Crippen molar-refractivity contribution >= 4 is 52.2 Å². The zero-order chi connectivity index (χ0) is 18.7. The second-order valence-corrected chi connectivity index (χ2v) is 6.66. The predicted molar refractivity (Wildman–Crippen MR) is 96.8 cm³/mol. The zero-order valence-corrected chi connectivity index (χ0v) is 14.8. The molecule has 6 nitrogen and oxygen atoms in total. The van der Waals surface area contributed by atoms with Crippen molar-refractivity contribution in [1.82, 2.24) is 0 Å². The molecular weight excluding hydrogens is 378 g/mol. The van der Waals surface area contributed by atoms with Crippen LogP contribution in [0.3, 0.4) is 0 Å². The molecule has 0 aliphatic carbocycles. The van der Waals surface area contributed by atoms with Crippen LogP contribution in [-0.2, 0) is 9.59 Å². The van der Waals surface area contributed by atoms with Gasteiger partial charge in [-0.1, -0.05) is 29.8 Å². The molecule has 0 N–H and O–H groups in total. The third-order valence-corrected chi connectivity index (χ3v) is 4.50. The molecule has 1 aliphatic heterocycles. The first-order valence-corrected chi connectivity index (χ1v) is 8.60. The van der Waals surface area contributed by atoms with E-state index < -0.39 is 23.7 Å². The molecule has 0 radical (unpaired) electrons. The van der Waals surface area contributed by atoms with Crippen LogP contribution in [-0.4, -0.2) is 23.7 Å². The largest absolute Gasteiger partial charge is 0.546 e. The molecule has 1 saturated heterocycles. The molecule has 0 unspecified atom stereocenters. The molecule has 132 valence electrons. The Hall–Kier alpha value is -2.77. The number of carbonyl (C=O) groups excluding carboxylic acids is 3. The summed E-state index contributed by atoms with van der Waals surface area (Å²) in [7, 11) is 0. The number of rotatable bonds is 5. The van der Waals surface area contributed by atoms with Crippen molar-refractivity contribution in [3.05, 3.63) is 64.0 Å². The molecule has 8 heteroatoms. The number of anilines is 1. The Kier molecular flexibility index (Phi) is 5.29. The number of thioether (sulfide) groups is 1. The molecule has 2 aromatic carbocycles. The van der Waals surface area contributed by atoms with E-state index in [1.54, 1.807) is 54.6 Å². The van der Waals surface area contributed by atoms with E-state index in [0.29, 0.717) is 22.0 Å². The van der Waals surface area contributed by atoms with Gasteiger partial charge in [0.05, 0.1) is 16.6 Å². The number of carboxylic acid groups (broad SMARTS) is 1. The molecule has 3 rings (SSSR count). The SMILES string of the molecule is O=C([O-])COc1ccc(/C=C2/SC(=O)N(c3cccc(Cl)c3)C2=O)cc1. The summed E-state index contributed by atoms with van der Waals surface area (Å²) in [6.07, 6.45) is 1.58. The number of amides is 2. The van der Waals surface area contributed by atoms with E-state index >= 15 is 0 Å². The van der Waals surface area contributed by atoms with Crippen molar-refractivity contribution in [2.75, 3.05) is 11.5 Å². The minimum Gasteiger partial charge on any atom is -0.546 e. The number of carbonyl (C=O) groups is 3. The Morgan fingerprint density at radius 3 is 2.58 bits per heavy atom. The van der Waals surface area contributed by atoms with Crippen molar-refractivity contribution in [2.24, 2.45) is 0 Å². The van der Waals surface area contributed by atoms with Gasteiger partial charge in [-0.05, 0) is 53.7 Å². The molecule has 1 fully saturated rings. The second kappa shape index (κ2) is 7.63. The molecule has 2 aromatic rings. The van der Waals surface area contributed by atoms with E-state index in [4.69, 9.17) is 16.3 Å². The summed E-state index contributed by atoms with van der Waals surface area (Å²) < 4.78 is 4.99. The lowest BCUT2D eigenvalue weighted by molar-refractivity contribution is -0.307. The Morgan fingerprint density at radius 1 is 1.19 bits per heavy atom.